The minimum absolute atomic E-state index is 0.0942. The van der Waals surface area contributed by atoms with Crippen molar-refractivity contribution in [1.82, 2.24) is 0 Å². The quantitative estimate of drug-likeness (QED) is 0.699. The molecule has 6 heteroatoms. The number of esters is 1. The molecule has 0 amide bonds. The van der Waals surface area contributed by atoms with E-state index in [9.17, 15) is 4.79 Å². The van der Waals surface area contributed by atoms with Gasteiger partial charge in [0.15, 0.2) is 6.10 Å². The first-order valence-electron chi connectivity index (χ1n) is 10.4. The summed E-state index contributed by atoms with van der Waals surface area (Å²) in [5.74, 6) is 5.44. The Balaban J connectivity index is 0.921. The number of hydrogen-bond acceptors (Lipinski definition) is 6. The molecule has 2 aliphatic heterocycles. The van der Waals surface area contributed by atoms with E-state index in [0.717, 1.165) is 47.4 Å². The first-order valence-corrected chi connectivity index (χ1v) is 10.4. The lowest BCUT2D eigenvalue weighted by atomic mass is 9.94. The molecule has 148 valence electrons. The van der Waals surface area contributed by atoms with Crippen molar-refractivity contribution in [2.75, 3.05) is 26.9 Å². The Hall–Kier alpha value is -1.63. The first kappa shape index (κ1) is 16.2. The number of ether oxygens (including phenoxy) is 5. The Morgan fingerprint density at radius 2 is 1.75 bits per heavy atom. The number of fused-ring (bicyclic) bond motifs is 7. The second kappa shape index (κ2) is 5.29. The summed E-state index contributed by atoms with van der Waals surface area (Å²) in [5, 5.41) is 0. The molecule has 0 N–H and O–H groups in total. The average molecular weight is 384 g/mol. The van der Waals surface area contributed by atoms with Gasteiger partial charge in [-0.2, -0.15) is 0 Å². The molecule has 6 aliphatic rings. The van der Waals surface area contributed by atoms with Gasteiger partial charge in [-0.05, 0) is 59.8 Å². The normalized spacial score (nSPS) is 50.5. The van der Waals surface area contributed by atoms with Gasteiger partial charge < -0.3 is 23.7 Å². The van der Waals surface area contributed by atoms with Crippen molar-refractivity contribution in [3.05, 3.63) is 29.8 Å². The summed E-state index contributed by atoms with van der Waals surface area (Å²) < 4.78 is 28.3. The zero-order chi connectivity index (χ0) is 18.6. The first-order chi connectivity index (χ1) is 13.7. The standard InChI is InChI=1S/C22H24O6/c1-24-15-8-26-20-16(9-27-19(15)20)28-21(23)10-2-4-11(5-3-10)25-7-12-17-18(12)22(17)13-6-14(13)22/h2-5,12-20H,6-9H2,1H3/t12?,13?,14?,15-,16+,17?,18?,19-,20-,22?/m1/s1. The summed E-state index contributed by atoms with van der Waals surface area (Å²) in [4.78, 5) is 12.5. The Bertz CT molecular complexity index is 816. The Kier molecular flexibility index (Phi) is 3.06. The van der Waals surface area contributed by atoms with Crippen LogP contribution in [0, 0.1) is 35.0 Å². The van der Waals surface area contributed by atoms with Crippen LogP contribution in [0.15, 0.2) is 24.3 Å². The maximum absolute atomic E-state index is 12.5. The van der Waals surface area contributed by atoms with Crippen LogP contribution >= 0.6 is 0 Å². The van der Waals surface area contributed by atoms with Gasteiger partial charge in [-0.3, -0.25) is 0 Å². The van der Waals surface area contributed by atoms with E-state index in [1.54, 1.807) is 19.2 Å². The molecule has 2 heterocycles. The molecule has 0 bridgehead atoms. The predicted molar refractivity (Wildman–Crippen MR) is 95.9 cm³/mol. The van der Waals surface area contributed by atoms with E-state index in [4.69, 9.17) is 23.7 Å². The molecule has 0 radical (unpaired) electrons. The molecule has 4 saturated carbocycles. The van der Waals surface area contributed by atoms with Gasteiger partial charge in [0, 0.05) is 13.0 Å². The van der Waals surface area contributed by atoms with Gasteiger partial charge >= 0.3 is 5.97 Å². The monoisotopic (exact) mass is 384 g/mol. The van der Waals surface area contributed by atoms with E-state index in [2.05, 4.69) is 0 Å². The van der Waals surface area contributed by atoms with Gasteiger partial charge in [-0.25, -0.2) is 4.79 Å². The summed E-state index contributed by atoms with van der Waals surface area (Å²) >= 11 is 0. The van der Waals surface area contributed by atoms with Crippen molar-refractivity contribution in [3.8, 4) is 5.75 Å². The molecule has 6 nitrogen and oxygen atoms in total. The molecule has 7 rings (SSSR count). The van der Waals surface area contributed by atoms with E-state index in [1.807, 2.05) is 12.1 Å². The van der Waals surface area contributed by atoms with Gasteiger partial charge in [-0.1, -0.05) is 0 Å². The van der Waals surface area contributed by atoms with E-state index >= 15 is 0 Å². The zero-order valence-corrected chi connectivity index (χ0v) is 15.8. The smallest absolute Gasteiger partial charge is 0.338 e. The molecule has 1 aromatic carbocycles. The molecule has 1 spiro atoms. The minimum atomic E-state index is -0.392. The number of methoxy groups -OCH3 is 1. The second-order valence-corrected chi connectivity index (χ2v) is 9.31. The largest absolute Gasteiger partial charge is 0.493 e. The van der Waals surface area contributed by atoms with Crippen LogP contribution < -0.4 is 4.74 Å². The van der Waals surface area contributed by atoms with Crippen molar-refractivity contribution in [3.63, 3.8) is 0 Å². The van der Waals surface area contributed by atoms with Crippen molar-refractivity contribution < 1.29 is 28.5 Å². The van der Waals surface area contributed by atoms with Crippen LogP contribution in [0.5, 0.6) is 5.75 Å². The molecule has 4 unspecified atom stereocenters. The molecular weight excluding hydrogens is 360 g/mol. The average Bonchev–Trinajstić information content (AvgIpc) is 3.60. The SMILES string of the molecule is CO[C@@H]1CO[C@H]2[C@@H]1OC[C@@H]2OC(=O)c1ccc(OCC2C3C2C32C3CC32)cc1. The molecular formula is C22H24O6. The van der Waals surface area contributed by atoms with Crippen LogP contribution in [-0.4, -0.2) is 57.3 Å². The van der Waals surface area contributed by atoms with Gasteiger partial charge in [-0.15, -0.1) is 0 Å². The van der Waals surface area contributed by atoms with E-state index < -0.39 is 6.10 Å². The van der Waals surface area contributed by atoms with E-state index in [0.29, 0.717) is 18.8 Å². The minimum Gasteiger partial charge on any atom is -0.493 e. The maximum Gasteiger partial charge on any atom is 0.338 e. The Labute approximate surface area is 163 Å². The summed E-state index contributed by atoms with van der Waals surface area (Å²) in [6, 6.07) is 7.25. The molecule has 6 fully saturated rings. The molecule has 28 heavy (non-hydrogen) atoms. The van der Waals surface area contributed by atoms with E-state index in [-0.39, 0.29) is 24.3 Å². The number of carbonyl (C=O) groups is 1. The van der Waals surface area contributed by atoms with Gasteiger partial charge in [0.05, 0.1) is 25.4 Å². The van der Waals surface area contributed by atoms with Crippen LogP contribution in [-0.2, 0) is 18.9 Å². The Morgan fingerprint density at radius 3 is 2.39 bits per heavy atom. The number of carbonyl (C=O) groups excluding carboxylic acids is 1. The lowest BCUT2D eigenvalue weighted by Gasteiger charge is -2.17. The third-order valence-corrected chi connectivity index (χ3v) is 8.24. The van der Waals surface area contributed by atoms with Crippen LogP contribution in [0.4, 0.5) is 0 Å². The topological polar surface area (TPSA) is 63.2 Å². The number of benzene rings is 1. The molecule has 1 aromatic rings. The fraction of sp³-hybridized carbons (Fsp3) is 0.682. The number of hydrogen-bond donors (Lipinski definition) is 0. The highest BCUT2D eigenvalue weighted by molar-refractivity contribution is 5.89. The Morgan fingerprint density at radius 1 is 1.07 bits per heavy atom. The predicted octanol–water partition coefficient (Wildman–Crippen LogP) is 1.92. The summed E-state index contributed by atoms with van der Waals surface area (Å²) in [6.07, 6.45) is 0.612. The molecule has 0 aromatic heterocycles. The highest BCUT2D eigenvalue weighted by atomic mass is 16.6. The van der Waals surface area contributed by atoms with Crippen molar-refractivity contribution in [2.24, 2.45) is 35.0 Å². The maximum atomic E-state index is 12.5. The van der Waals surface area contributed by atoms with Crippen molar-refractivity contribution >= 4 is 5.97 Å². The second-order valence-electron chi connectivity index (χ2n) is 9.31. The molecule has 4 aliphatic carbocycles. The van der Waals surface area contributed by atoms with Crippen LogP contribution in [0.3, 0.4) is 0 Å². The highest BCUT2D eigenvalue weighted by Gasteiger charge is 3.01. The van der Waals surface area contributed by atoms with E-state index in [1.165, 1.54) is 6.42 Å². The third kappa shape index (κ3) is 2.01. The van der Waals surface area contributed by atoms with Gasteiger partial charge in [0.1, 0.15) is 24.1 Å². The molecule has 2 saturated heterocycles. The summed E-state index contributed by atoms with van der Waals surface area (Å²) in [5.41, 5.74) is 1.36. The summed E-state index contributed by atoms with van der Waals surface area (Å²) in [7, 11) is 1.64. The zero-order valence-electron chi connectivity index (χ0n) is 15.8. The summed E-state index contributed by atoms with van der Waals surface area (Å²) in [6.45, 7) is 1.63. The van der Waals surface area contributed by atoms with Crippen LogP contribution in [0.1, 0.15) is 16.8 Å². The fourth-order valence-electron chi connectivity index (χ4n) is 6.53. The fourth-order valence-corrected chi connectivity index (χ4v) is 6.53. The highest BCUT2D eigenvalue weighted by Crippen LogP contribution is 3.04. The van der Waals surface area contributed by atoms with Gasteiger partial charge in [0.25, 0.3) is 0 Å². The van der Waals surface area contributed by atoms with Gasteiger partial charge in [0.2, 0.25) is 0 Å². The number of rotatable bonds is 6. The van der Waals surface area contributed by atoms with Crippen molar-refractivity contribution in [2.45, 2.75) is 30.8 Å². The lowest BCUT2D eigenvalue weighted by Crippen LogP contribution is -2.34. The molecule has 8 atom stereocenters. The van der Waals surface area contributed by atoms with Crippen LogP contribution in [0.25, 0.3) is 0 Å². The lowest BCUT2D eigenvalue weighted by molar-refractivity contribution is -0.0280. The van der Waals surface area contributed by atoms with Crippen molar-refractivity contribution in [1.29, 1.82) is 0 Å². The third-order valence-electron chi connectivity index (χ3n) is 8.24. The van der Waals surface area contributed by atoms with Crippen LogP contribution in [0.2, 0.25) is 0 Å².